The van der Waals surface area contributed by atoms with Crippen LogP contribution >= 0.6 is 11.3 Å². The first-order valence-corrected chi connectivity index (χ1v) is 10.7. The molecule has 1 aliphatic heterocycles. The SMILES string of the molecule is Cc1ccc(N2C[C@H](c3nc(-c4cccc(-c5csc(C)n5)c4)no3)CC2=O)cc1. The lowest BCUT2D eigenvalue weighted by molar-refractivity contribution is -0.117. The van der Waals surface area contributed by atoms with Crippen LogP contribution in [0, 0.1) is 13.8 Å². The summed E-state index contributed by atoms with van der Waals surface area (Å²) in [7, 11) is 0. The number of rotatable bonds is 4. The van der Waals surface area contributed by atoms with E-state index >= 15 is 0 Å². The zero-order chi connectivity index (χ0) is 20.7. The summed E-state index contributed by atoms with van der Waals surface area (Å²) in [4.78, 5) is 23.5. The van der Waals surface area contributed by atoms with E-state index in [0.717, 1.165) is 27.5 Å². The molecule has 4 aromatic rings. The Labute approximate surface area is 178 Å². The maximum atomic E-state index is 12.6. The average molecular weight is 417 g/mol. The van der Waals surface area contributed by atoms with Crippen molar-refractivity contribution in [3.8, 4) is 22.6 Å². The summed E-state index contributed by atoms with van der Waals surface area (Å²) in [5.74, 6) is 0.997. The van der Waals surface area contributed by atoms with Gasteiger partial charge in [-0.25, -0.2) is 4.98 Å². The smallest absolute Gasteiger partial charge is 0.232 e. The molecule has 1 atom stereocenters. The van der Waals surface area contributed by atoms with Gasteiger partial charge in [0.1, 0.15) is 0 Å². The van der Waals surface area contributed by atoms with E-state index in [9.17, 15) is 4.79 Å². The number of hydrogen-bond acceptors (Lipinski definition) is 6. The van der Waals surface area contributed by atoms with E-state index in [1.54, 1.807) is 16.2 Å². The number of aryl methyl sites for hydroxylation is 2. The second-order valence-corrected chi connectivity index (χ2v) is 8.59. The first-order valence-electron chi connectivity index (χ1n) is 9.80. The van der Waals surface area contributed by atoms with Crippen LogP contribution in [0.25, 0.3) is 22.6 Å². The van der Waals surface area contributed by atoms with Gasteiger partial charge in [0.15, 0.2) is 0 Å². The third-order valence-electron chi connectivity index (χ3n) is 5.30. The van der Waals surface area contributed by atoms with Gasteiger partial charge in [-0.1, -0.05) is 41.1 Å². The van der Waals surface area contributed by atoms with Gasteiger partial charge in [-0.05, 0) is 32.0 Å². The molecule has 7 heteroatoms. The predicted molar refractivity (Wildman–Crippen MR) is 116 cm³/mol. The second-order valence-electron chi connectivity index (χ2n) is 7.53. The molecule has 30 heavy (non-hydrogen) atoms. The number of amides is 1. The summed E-state index contributed by atoms with van der Waals surface area (Å²) in [5.41, 5.74) is 4.90. The van der Waals surface area contributed by atoms with Crippen molar-refractivity contribution in [2.24, 2.45) is 0 Å². The van der Waals surface area contributed by atoms with Gasteiger partial charge in [0, 0.05) is 35.2 Å². The molecule has 3 heterocycles. The third-order valence-corrected chi connectivity index (χ3v) is 6.07. The Hall–Kier alpha value is -3.32. The molecule has 0 saturated carbocycles. The van der Waals surface area contributed by atoms with Crippen LogP contribution in [0.2, 0.25) is 0 Å². The monoisotopic (exact) mass is 416 g/mol. The van der Waals surface area contributed by atoms with E-state index in [1.165, 1.54) is 5.56 Å². The molecule has 0 spiro atoms. The lowest BCUT2D eigenvalue weighted by Crippen LogP contribution is -2.24. The fraction of sp³-hybridized carbons (Fsp3) is 0.217. The lowest BCUT2D eigenvalue weighted by atomic mass is 10.1. The summed E-state index contributed by atoms with van der Waals surface area (Å²) in [6.07, 6.45) is 0.369. The van der Waals surface area contributed by atoms with Gasteiger partial charge in [0.25, 0.3) is 0 Å². The molecule has 0 unspecified atom stereocenters. The zero-order valence-corrected chi connectivity index (χ0v) is 17.5. The molecule has 1 amide bonds. The molecule has 0 N–H and O–H groups in total. The Morgan fingerprint density at radius 2 is 1.87 bits per heavy atom. The summed E-state index contributed by atoms with van der Waals surface area (Å²) < 4.78 is 5.55. The van der Waals surface area contributed by atoms with Crippen molar-refractivity contribution < 1.29 is 9.32 Å². The molecule has 0 aliphatic carbocycles. The van der Waals surface area contributed by atoms with E-state index in [4.69, 9.17) is 4.52 Å². The van der Waals surface area contributed by atoms with Crippen molar-refractivity contribution in [1.82, 2.24) is 15.1 Å². The zero-order valence-electron chi connectivity index (χ0n) is 16.7. The molecule has 6 nitrogen and oxygen atoms in total. The quantitative estimate of drug-likeness (QED) is 0.468. The van der Waals surface area contributed by atoms with Gasteiger partial charge in [-0.15, -0.1) is 11.3 Å². The highest BCUT2D eigenvalue weighted by atomic mass is 32.1. The Balaban J connectivity index is 1.37. The highest BCUT2D eigenvalue weighted by Gasteiger charge is 2.35. The van der Waals surface area contributed by atoms with E-state index in [1.807, 2.05) is 67.8 Å². The topological polar surface area (TPSA) is 72.1 Å². The number of carbonyl (C=O) groups is 1. The normalized spacial score (nSPS) is 16.4. The predicted octanol–water partition coefficient (Wildman–Crippen LogP) is 5.00. The first-order chi connectivity index (χ1) is 14.6. The fourth-order valence-corrected chi connectivity index (χ4v) is 4.30. The van der Waals surface area contributed by atoms with Crippen molar-refractivity contribution in [3.05, 3.63) is 70.4 Å². The van der Waals surface area contributed by atoms with Crippen molar-refractivity contribution in [2.75, 3.05) is 11.4 Å². The van der Waals surface area contributed by atoms with E-state index in [-0.39, 0.29) is 11.8 Å². The van der Waals surface area contributed by atoms with Crippen LogP contribution in [0.4, 0.5) is 5.69 Å². The maximum absolute atomic E-state index is 12.6. The van der Waals surface area contributed by atoms with Crippen LogP contribution in [0.5, 0.6) is 0 Å². The number of benzene rings is 2. The fourth-order valence-electron chi connectivity index (χ4n) is 3.68. The second kappa shape index (κ2) is 7.50. The highest BCUT2D eigenvalue weighted by Crippen LogP contribution is 2.32. The van der Waals surface area contributed by atoms with Gasteiger partial charge in [-0.2, -0.15) is 4.98 Å². The molecule has 1 aliphatic rings. The Bertz CT molecular complexity index is 1210. The van der Waals surface area contributed by atoms with Gasteiger partial charge in [-0.3, -0.25) is 4.79 Å². The molecular weight excluding hydrogens is 396 g/mol. The minimum atomic E-state index is -0.107. The summed E-state index contributed by atoms with van der Waals surface area (Å²) in [5, 5.41) is 7.24. The first kappa shape index (κ1) is 18.7. The van der Waals surface area contributed by atoms with Crippen molar-refractivity contribution in [3.63, 3.8) is 0 Å². The maximum Gasteiger partial charge on any atom is 0.232 e. The number of hydrogen-bond donors (Lipinski definition) is 0. The number of carbonyl (C=O) groups excluding carboxylic acids is 1. The largest absolute Gasteiger partial charge is 0.339 e. The molecule has 2 aromatic carbocycles. The molecule has 1 saturated heterocycles. The molecule has 0 bridgehead atoms. The van der Waals surface area contributed by atoms with Crippen LogP contribution < -0.4 is 4.90 Å². The number of nitrogens with zero attached hydrogens (tertiary/aromatic N) is 4. The molecule has 2 aromatic heterocycles. The van der Waals surface area contributed by atoms with E-state index in [2.05, 4.69) is 15.1 Å². The van der Waals surface area contributed by atoms with Gasteiger partial charge in [0.2, 0.25) is 17.6 Å². The Morgan fingerprint density at radius 3 is 2.63 bits per heavy atom. The summed E-state index contributed by atoms with van der Waals surface area (Å²) in [6, 6.07) is 15.9. The Morgan fingerprint density at radius 1 is 1.07 bits per heavy atom. The molecule has 1 fully saturated rings. The van der Waals surface area contributed by atoms with Crippen LogP contribution in [0.1, 0.15) is 28.8 Å². The molecule has 5 rings (SSSR count). The van der Waals surface area contributed by atoms with Crippen molar-refractivity contribution >= 4 is 22.9 Å². The number of thiazole rings is 1. The van der Waals surface area contributed by atoms with Crippen LogP contribution in [-0.4, -0.2) is 27.6 Å². The van der Waals surface area contributed by atoms with Gasteiger partial charge in [0.05, 0.1) is 16.6 Å². The molecular formula is C23H20N4O2S. The third kappa shape index (κ3) is 3.52. The minimum absolute atomic E-state index is 0.0736. The summed E-state index contributed by atoms with van der Waals surface area (Å²) >= 11 is 1.62. The van der Waals surface area contributed by atoms with Gasteiger partial charge < -0.3 is 9.42 Å². The molecule has 0 radical (unpaired) electrons. The number of aromatic nitrogens is 3. The minimum Gasteiger partial charge on any atom is -0.339 e. The highest BCUT2D eigenvalue weighted by molar-refractivity contribution is 7.09. The van der Waals surface area contributed by atoms with E-state index in [0.29, 0.717) is 24.7 Å². The Kier molecular flexibility index (Phi) is 4.67. The average Bonchev–Trinajstić information content (AvgIpc) is 3.48. The molecule has 150 valence electrons. The van der Waals surface area contributed by atoms with E-state index < -0.39 is 0 Å². The van der Waals surface area contributed by atoms with Crippen LogP contribution in [0.3, 0.4) is 0 Å². The van der Waals surface area contributed by atoms with Gasteiger partial charge >= 0.3 is 0 Å². The van der Waals surface area contributed by atoms with Crippen molar-refractivity contribution in [1.29, 1.82) is 0 Å². The van der Waals surface area contributed by atoms with Crippen LogP contribution in [0.15, 0.2) is 58.4 Å². The van der Waals surface area contributed by atoms with Crippen LogP contribution in [-0.2, 0) is 4.79 Å². The standard InChI is InChI=1S/C23H20N4O2S/c1-14-6-8-19(9-7-14)27-12-18(11-21(27)28)23-25-22(26-29-23)17-5-3-4-16(10-17)20-13-30-15(2)24-20/h3-10,13,18H,11-12H2,1-2H3/t18-/m1/s1. The summed E-state index contributed by atoms with van der Waals surface area (Å²) in [6.45, 7) is 4.57. The number of anilines is 1. The van der Waals surface area contributed by atoms with Crippen molar-refractivity contribution in [2.45, 2.75) is 26.2 Å². The lowest BCUT2D eigenvalue weighted by Gasteiger charge is -2.16.